The van der Waals surface area contributed by atoms with Crippen LogP contribution in [0.15, 0.2) is 0 Å². The smallest absolute Gasteiger partial charge is 0.347 e. The zero-order chi connectivity index (χ0) is 85.2. The van der Waals surface area contributed by atoms with Gasteiger partial charge < -0.3 is 80.5 Å². The van der Waals surface area contributed by atoms with Crippen LogP contribution in [0.3, 0.4) is 0 Å². The molecule has 114 heavy (non-hydrogen) atoms. The normalized spacial score (nSPS) is 29.6. The minimum Gasteiger partial charge on any atom is -0.468 e. The van der Waals surface area contributed by atoms with E-state index in [1.54, 1.807) is 69.2 Å². The van der Waals surface area contributed by atoms with Crippen molar-refractivity contribution in [2.75, 3.05) is 60.5 Å². The standard InChI is InChI=1S/C19H26O8.C18H24O8.C17H21NO6.C13H20O6.C12H18O6/c1-5-18(2,3)15(21)25-7-6-12(20)26-13-10-8-11-14(13)27-17(23)19(11,9-10)16(22)24-4;1-5-17(2,3)14(20)24-8-11(19)25-12-9-6-10-13(12)26-16(22)18(10,7-9)15(21)23-4;1-4-16(2,3)14(20)22-7-11(19)23-12-9-5-10-13(12)24-15(21)17(10,6-9)8-18;1-4-13(2,3)12(16)18-8-6-10(14)19-9-5-7-17-11(9)15;1-4-12(2,3)11(15)17-7-9(13)18-8-5-6-16-10(8)14/h10-11,13-14H,5-9H2,1-4H3;9-10,12-13H,5-8H2,1-4H3;9-10,12-13H,4-7H2,1-3H3;9H,4-8H2,1-3H3;8H,4-7H2,1-3H3. The first-order valence-corrected chi connectivity index (χ1v) is 38.7. The molecule has 0 aromatic carbocycles. The second kappa shape index (κ2) is 37.0. The molecule has 35 nitrogen and oxygen atoms in total. The molecule has 634 valence electrons. The molecule has 6 bridgehead atoms. The van der Waals surface area contributed by atoms with Gasteiger partial charge in [-0.05, 0) is 140 Å². The second-order valence-electron chi connectivity index (χ2n) is 33.5. The molecule has 0 spiro atoms. The van der Waals surface area contributed by atoms with Gasteiger partial charge in [-0.15, -0.1) is 0 Å². The van der Waals surface area contributed by atoms with Crippen LogP contribution in [-0.4, -0.2) is 211 Å². The molecular weight excluding hydrogens is 1510 g/mol. The van der Waals surface area contributed by atoms with Gasteiger partial charge in [0.05, 0.1) is 73.4 Å². The summed E-state index contributed by atoms with van der Waals surface area (Å²) < 4.78 is 86.1. The third-order valence-electron chi connectivity index (χ3n) is 24.3. The van der Waals surface area contributed by atoms with E-state index in [0.717, 1.165) is 0 Å². The van der Waals surface area contributed by atoms with Crippen LogP contribution in [-0.2, 0) is 162 Å². The lowest BCUT2D eigenvalue weighted by molar-refractivity contribution is -0.173. The van der Waals surface area contributed by atoms with Gasteiger partial charge in [0.25, 0.3) is 0 Å². The Morgan fingerprint density at radius 1 is 0.404 bits per heavy atom. The molecule has 17 atom stereocenters. The number of nitrogens with zero attached hydrogens (tertiary/aromatic N) is 1. The Kier molecular flexibility index (Phi) is 29.7. The molecule has 0 amide bonds. The summed E-state index contributed by atoms with van der Waals surface area (Å²) in [4.78, 5) is 201. The number of fused-ring (bicyclic) bond motifs is 3. The molecule has 6 aliphatic carbocycles. The van der Waals surface area contributed by atoms with E-state index in [1.807, 2.05) is 34.6 Å². The Hall–Kier alpha value is -9.52. The Morgan fingerprint density at radius 3 is 1.02 bits per heavy atom. The number of hydrogen-bond donors (Lipinski definition) is 0. The first-order chi connectivity index (χ1) is 53.3. The number of carbonyl (C=O) groups excluding carboxylic acids is 17. The van der Waals surface area contributed by atoms with Gasteiger partial charge in [-0.2, -0.15) is 5.26 Å². The van der Waals surface area contributed by atoms with Gasteiger partial charge in [-0.25, -0.2) is 24.0 Å². The van der Waals surface area contributed by atoms with E-state index in [9.17, 15) is 86.8 Å². The van der Waals surface area contributed by atoms with Crippen LogP contribution in [0.5, 0.6) is 0 Å². The number of esters is 17. The molecule has 11 fully saturated rings. The summed E-state index contributed by atoms with van der Waals surface area (Å²) in [5.41, 5.74) is -6.67. The summed E-state index contributed by atoms with van der Waals surface area (Å²) in [6.07, 6.45) is 1.16. The van der Waals surface area contributed by atoms with Crippen molar-refractivity contribution < 1.29 is 162 Å². The van der Waals surface area contributed by atoms with Gasteiger partial charge in [0.15, 0.2) is 36.1 Å². The van der Waals surface area contributed by atoms with Crippen LogP contribution in [0.4, 0.5) is 0 Å². The summed E-state index contributed by atoms with van der Waals surface area (Å²) in [5, 5.41) is 9.33. The average Bonchev–Trinajstić information content (AvgIpc) is 1.55. The largest absolute Gasteiger partial charge is 0.468 e. The topological polar surface area (TPSA) is 471 Å². The van der Waals surface area contributed by atoms with Crippen LogP contribution in [0.1, 0.15) is 200 Å². The quantitative estimate of drug-likeness (QED) is 0.0486. The minimum absolute atomic E-state index is 0.0388. The Labute approximate surface area is 660 Å². The van der Waals surface area contributed by atoms with Gasteiger partial charge >= 0.3 is 101 Å². The van der Waals surface area contributed by atoms with Gasteiger partial charge in [0.2, 0.25) is 12.2 Å². The zero-order valence-corrected chi connectivity index (χ0v) is 68.0. The molecule has 6 saturated carbocycles. The van der Waals surface area contributed by atoms with Crippen LogP contribution in [0.2, 0.25) is 0 Å². The SMILES string of the molecule is CCC(C)(C)C(=O)OCC(=O)OC1C2CC3C1OC(=O)C3(C#N)C2.CCC(C)(C)C(=O)OCC(=O)OC1C2CC3C1OC(=O)C3(C(=O)OC)C2.CCC(C)(C)C(=O)OCC(=O)OC1CCOC1=O.CCC(C)(C)C(=O)OCCC(=O)OC1C2CC3C1OC(=O)C3(C(=O)OC)C2.CCC(C)(C)C(=O)OCCC(=O)OC1CCOC1=O. The summed E-state index contributed by atoms with van der Waals surface area (Å²) in [5.74, 6) is -10.3. The number of cyclic esters (lactones) is 2. The van der Waals surface area contributed by atoms with Crippen molar-refractivity contribution in [2.45, 2.75) is 249 Å². The van der Waals surface area contributed by atoms with Crippen molar-refractivity contribution in [1.29, 1.82) is 5.26 Å². The van der Waals surface area contributed by atoms with Gasteiger partial charge in [0, 0.05) is 48.3 Å². The van der Waals surface area contributed by atoms with Gasteiger partial charge in [0.1, 0.15) is 49.8 Å². The second-order valence-corrected chi connectivity index (χ2v) is 33.5. The van der Waals surface area contributed by atoms with E-state index in [4.69, 9.17) is 71.1 Å². The Balaban J connectivity index is 0.000000199. The van der Waals surface area contributed by atoms with E-state index in [-0.39, 0.29) is 99.6 Å². The predicted molar refractivity (Wildman–Crippen MR) is 380 cm³/mol. The fourth-order valence-electron chi connectivity index (χ4n) is 15.2. The molecule has 0 aromatic rings. The molecule has 11 aliphatic rings. The molecular formula is C79H109NO34. The number of rotatable bonds is 29. The number of nitriles is 1. The molecule has 0 aromatic heterocycles. The van der Waals surface area contributed by atoms with Crippen molar-refractivity contribution in [2.24, 2.45) is 78.8 Å². The minimum atomic E-state index is -1.26. The van der Waals surface area contributed by atoms with E-state index in [0.29, 0.717) is 70.6 Å². The first-order valence-electron chi connectivity index (χ1n) is 38.7. The molecule has 0 radical (unpaired) electrons. The number of ether oxygens (including phenoxy) is 17. The number of methoxy groups -OCH3 is 2. The number of hydrogen-bond acceptors (Lipinski definition) is 35. The van der Waals surface area contributed by atoms with E-state index >= 15 is 0 Å². The van der Waals surface area contributed by atoms with Crippen LogP contribution in [0.25, 0.3) is 0 Å². The van der Waals surface area contributed by atoms with Crippen LogP contribution in [0, 0.1) is 90.2 Å². The maximum Gasteiger partial charge on any atom is 0.347 e. The van der Waals surface area contributed by atoms with E-state index < -0.39 is 202 Å². The lowest BCUT2D eigenvalue weighted by Gasteiger charge is -2.29. The monoisotopic (exact) mass is 1620 g/mol. The highest BCUT2D eigenvalue weighted by Gasteiger charge is 2.77. The van der Waals surface area contributed by atoms with Gasteiger partial charge in [-0.3, -0.25) is 57.5 Å². The average molecular weight is 1620 g/mol. The van der Waals surface area contributed by atoms with Crippen LogP contribution < -0.4 is 0 Å². The Morgan fingerprint density at radius 2 is 0.693 bits per heavy atom. The summed E-state index contributed by atoms with van der Waals surface area (Å²) in [6, 6.07) is 2.10. The predicted octanol–water partition coefficient (Wildman–Crippen LogP) is 5.79. The van der Waals surface area contributed by atoms with Crippen molar-refractivity contribution in [3.05, 3.63) is 0 Å². The molecule has 17 unspecified atom stereocenters. The fourth-order valence-corrected chi connectivity index (χ4v) is 15.2. The fraction of sp³-hybridized carbons (Fsp3) is 0.772. The highest BCUT2D eigenvalue weighted by Crippen LogP contribution is 2.65. The highest BCUT2D eigenvalue weighted by molar-refractivity contribution is 6.04. The highest BCUT2D eigenvalue weighted by atomic mass is 16.7. The summed E-state index contributed by atoms with van der Waals surface area (Å²) >= 11 is 0. The molecule has 5 saturated heterocycles. The zero-order valence-electron chi connectivity index (χ0n) is 68.0. The maximum atomic E-state index is 12.3. The molecule has 5 heterocycles. The number of carbonyl (C=O) groups is 17. The van der Waals surface area contributed by atoms with E-state index in [2.05, 4.69) is 15.5 Å². The summed E-state index contributed by atoms with van der Waals surface area (Å²) in [7, 11) is 2.50. The molecule has 11 rings (SSSR count). The van der Waals surface area contributed by atoms with E-state index in [1.165, 1.54) is 14.2 Å². The summed E-state index contributed by atoms with van der Waals surface area (Å²) in [6.45, 7) is 25.9. The van der Waals surface area contributed by atoms with Crippen molar-refractivity contribution in [3.63, 3.8) is 0 Å². The lowest BCUT2D eigenvalue weighted by Crippen LogP contribution is -2.45. The first kappa shape index (κ1) is 91.7. The molecule has 0 N–H and O–H groups in total. The van der Waals surface area contributed by atoms with Gasteiger partial charge in [-0.1, -0.05) is 34.6 Å². The lowest BCUT2D eigenvalue weighted by atomic mass is 9.73. The van der Waals surface area contributed by atoms with Crippen LogP contribution >= 0.6 is 0 Å². The molecule has 5 aliphatic heterocycles. The third kappa shape index (κ3) is 19.5. The Bertz CT molecular complexity index is 3750. The van der Waals surface area contributed by atoms with Crippen molar-refractivity contribution in [1.82, 2.24) is 0 Å². The van der Waals surface area contributed by atoms with Crippen molar-refractivity contribution >= 4 is 101 Å². The van der Waals surface area contributed by atoms with Crippen molar-refractivity contribution in [3.8, 4) is 6.07 Å². The molecule has 35 heteroatoms. The maximum absolute atomic E-state index is 12.3. The third-order valence-corrected chi connectivity index (χ3v) is 24.3.